The molecular weight excluding hydrogens is 437 g/mol. The highest BCUT2D eigenvalue weighted by Gasteiger charge is 2.42. The number of rotatable bonds is 4. The van der Waals surface area contributed by atoms with Crippen molar-refractivity contribution in [1.29, 1.82) is 0 Å². The molecular formula is C24H21F3N2O4. The molecule has 2 aromatic rings. The summed E-state index contributed by atoms with van der Waals surface area (Å²) in [5, 5.41) is 11.6. The molecule has 33 heavy (non-hydrogen) atoms. The van der Waals surface area contributed by atoms with Crippen molar-refractivity contribution in [2.24, 2.45) is 0 Å². The van der Waals surface area contributed by atoms with E-state index < -0.39 is 34.2 Å². The van der Waals surface area contributed by atoms with Crippen LogP contribution in [0.3, 0.4) is 0 Å². The van der Waals surface area contributed by atoms with Crippen molar-refractivity contribution < 1.29 is 27.7 Å². The molecule has 0 spiro atoms. The van der Waals surface area contributed by atoms with E-state index in [0.29, 0.717) is 36.6 Å². The van der Waals surface area contributed by atoms with Crippen LogP contribution in [0.1, 0.15) is 55.2 Å². The lowest BCUT2D eigenvalue weighted by atomic mass is 9.77. The number of hydrogen-bond donors (Lipinski definition) is 0. The maximum Gasteiger partial charge on any atom is 0.416 e. The molecule has 1 aliphatic carbocycles. The molecule has 172 valence electrons. The number of Topliss-reactive ketones (excluding diaryl/α,β-unsaturated/α-hetero) is 1. The van der Waals surface area contributed by atoms with Crippen LogP contribution in [0, 0.1) is 10.1 Å². The van der Waals surface area contributed by atoms with Gasteiger partial charge in [0, 0.05) is 36.1 Å². The largest absolute Gasteiger partial charge is 0.416 e. The minimum Gasteiger partial charge on any atom is -0.294 e. The summed E-state index contributed by atoms with van der Waals surface area (Å²) in [7, 11) is 0. The first-order valence-corrected chi connectivity index (χ1v) is 10.7. The Bertz CT molecular complexity index is 1170. The summed E-state index contributed by atoms with van der Waals surface area (Å²) in [4.78, 5) is 38.0. The Balaban J connectivity index is 1.87. The molecule has 9 heteroatoms. The average Bonchev–Trinajstić information content (AvgIpc) is 2.78. The topological polar surface area (TPSA) is 80.5 Å². The van der Waals surface area contributed by atoms with Crippen molar-refractivity contribution in [3.63, 3.8) is 0 Å². The van der Waals surface area contributed by atoms with Crippen LogP contribution in [0.2, 0.25) is 0 Å². The first-order valence-electron chi connectivity index (χ1n) is 10.7. The molecule has 1 atom stereocenters. The van der Waals surface area contributed by atoms with Gasteiger partial charge in [-0.3, -0.25) is 24.6 Å². The number of carbonyl (C=O) groups is 2. The zero-order valence-electron chi connectivity index (χ0n) is 17.8. The van der Waals surface area contributed by atoms with E-state index in [9.17, 15) is 32.9 Å². The van der Waals surface area contributed by atoms with Gasteiger partial charge in [-0.1, -0.05) is 31.2 Å². The number of benzene rings is 2. The van der Waals surface area contributed by atoms with Gasteiger partial charge in [-0.05, 0) is 42.5 Å². The lowest BCUT2D eigenvalue weighted by molar-refractivity contribution is -0.384. The van der Waals surface area contributed by atoms with E-state index in [-0.39, 0.29) is 17.9 Å². The molecule has 6 nitrogen and oxygen atoms in total. The summed E-state index contributed by atoms with van der Waals surface area (Å²) < 4.78 is 39.4. The quantitative estimate of drug-likeness (QED) is 0.435. The van der Waals surface area contributed by atoms with Gasteiger partial charge in [0.25, 0.3) is 5.69 Å². The lowest BCUT2D eigenvalue weighted by Crippen LogP contribution is -2.40. The fourth-order valence-corrected chi connectivity index (χ4v) is 4.58. The Morgan fingerprint density at radius 2 is 1.79 bits per heavy atom. The fraction of sp³-hybridized carbons (Fsp3) is 0.333. The first-order chi connectivity index (χ1) is 15.6. The van der Waals surface area contributed by atoms with Gasteiger partial charge in [-0.25, -0.2) is 0 Å². The highest BCUT2D eigenvalue weighted by Crippen LogP contribution is 2.46. The molecule has 0 fully saturated rings. The van der Waals surface area contributed by atoms with Crippen LogP contribution in [0.4, 0.5) is 24.5 Å². The fourth-order valence-electron chi connectivity index (χ4n) is 4.58. The van der Waals surface area contributed by atoms with Gasteiger partial charge in [0.2, 0.25) is 5.91 Å². The number of alkyl halides is 3. The zero-order chi connectivity index (χ0) is 23.9. The molecule has 1 heterocycles. The smallest absolute Gasteiger partial charge is 0.294 e. The number of ketones is 1. The number of nitro groups is 1. The molecule has 0 saturated carbocycles. The van der Waals surface area contributed by atoms with Gasteiger partial charge < -0.3 is 0 Å². The Labute approximate surface area is 187 Å². The maximum absolute atomic E-state index is 13.3. The lowest BCUT2D eigenvalue weighted by Gasteiger charge is -2.38. The maximum atomic E-state index is 13.3. The molecule has 2 aromatic carbocycles. The first kappa shape index (κ1) is 22.7. The summed E-state index contributed by atoms with van der Waals surface area (Å²) in [5.41, 5.74) is 0.408. The standard InChI is InChI=1S/C24H21F3N2O4/c1-2-14-6-8-15(9-7-14)17-13-22(31)28(19-4-3-5-21(30)23(17)19)18-11-10-16(24(25,26)27)12-20(18)29(32)33/h6-12,17H,2-5,13H2,1H3. The van der Waals surface area contributed by atoms with Crippen molar-refractivity contribution >= 4 is 23.1 Å². The zero-order valence-corrected chi connectivity index (χ0v) is 17.8. The third-order valence-corrected chi connectivity index (χ3v) is 6.21. The van der Waals surface area contributed by atoms with Crippen LogP contribution in [-0.2, 0) is 22.2 Å². The average molecular weight is 458 g/mol. The molecule has 4 rings (SSSR count). The predicted octanol–water partition coefficient (Wildman–Crippen LogP) is 5.70. The molecule has 0 radical (unpaired) electrons. The van der Waals surface area contributed by atoms with E-state index in [1.54, 1.807) is 0 Å². The Morgan fingerprint density at radius 1 is 1.09 bits per heavy atom. The molecule has 0 bridgehead atoms. The SMILES string of the molecule is CCc1ccc(C2CC(=O)N(c3ccc(C(F)(F)F)cc3[N+](=O)[O-])C3=C2C(=O)CCC3)cc1. The predicted molar refractivity (Wildman–Crippen MR) is 115 cm³/mol. The Morgan fingerprint density at radius 3 is 2.39 bits per heavy atom. The number of aryl methyl sites for hydroxylation is 1. The Kier molecular flexibility index (Phi) is 5.82. The molecule has 0 aromatic heterocycles. The highest BCUT2D eigenvalue weighted by molar-refractivity contribution is 6.08. The summed E-state index contributed by atoms with van der Waals surface area (Å²) in [6, 6.07) is 9.71. The second-order valence-corrected chi connectivity index (χ2v) is 8.18. The second kappa shape index (κ2) is 8.46. The number of allylic oxidation sites excluding steroid dienone is 2. The Hall–Kier alpha value is -3.49. The molecule has 0 saturated heterocycles. The summed E-state index contributed by atoms with van der Waals surface area (Å²) in [5.74, 6) is -1.13. The van der Waals surface area contributed by atoms with E-state index in [4.69, 9.17) is 0 Å². The third kappa shape index (κ3) is 4.15. The number of halogens is 3. The van der Waals surface area contributed by atoms with Gasteiger partial charge >= 0.3 is 6.18 Å². The molecule has 1 amide bonds. The van der Waals surface area contributed by atoms with Gasteiger partial charge in [0.05, 0.1) is 10.5 Å². The second-order valence-electron chi connectivity index (χ2n) is 8.18. The third-order valence-electron chi connectivity index (χ3n) is 6.21. The summed E-state index contributed by atoms with van der Waals surface area (Å²) >= 11 is 0. The van der Waals surface area contributed by atoms with E-state index >= 15 is 0 Å². The van der Waals surface area contributed by atoms with Crippen LogP contribution in [-0.4, -0.2) is 16.6 Å². The number of amides is 1. The minimum absolute atomic E-state index is 0.103. The van der Waals surface area contributed by atoms with Crippen LogP contribution >= 0.6 is 0 Å². The van der Waals surface area contributed by atoms with Crippen LogP contribution in [0.15, 0.2) is 53.7 Å². The number of hydrogen-bond acceptors (Lipinski definition) is 4. The summed E-state index contributed by atoms with van der Waals surface area (Å²) in [6.45, 7) is 2.01. The van der Waals surface area contributed by atoms with Gasteiger partial charge in [-0.15, -0.1) is 0 Å². The van der Waals surface area contributed by atoms with Crippen LogP contribution < -0.4 is 4.90 Å². The van der Waals surface area contributed by atoms with Crippen LogP contribution in [0.5, 0.6) is 0 Å². The molecule has 2 aliphatic rings. The number of carbonyl (C=O) groups excluding carboxylic acids is 2. The van der Waals surface area contributed by atoms with E-state index in [0.717, 1.165) is 34.6 Å². The van der Waals surface area contributed by atoms with E-state index in [2.05, 4.69) is 0 Å². The van der Waals surface area contributed by atoms with E-state index in [1.807, 2.05) is 31.2 Å². The van der Waals surface area contributed by atoms with Crippen molar-refractivity contribution in [1.82, 2.24) is 0 Å². The minimum atomic E-state index is -4.77. The molecule has 1 unspecified atom stereocenters. The van der Waals surface area contributed by atoms with Crippen molar-refractivity contribution in [3.8, 4) is 0 Å². The van der Waals surface area contributed by atoms with Gasteiger partial charge in [0.1, 0.15) is 5.69 Å². The van der Waals surface area contributed by atoms with Crippen molar-refractivity contribution in [2.75, 3.05) is 4.90 Å². The van der Waals surface area contributed by atoms with Gasteiger partial charge in [0.15, 0.2) is 5.78 Å². The number of anilines is 1. The monoisotopic (exact) mass is 458 g/mol. The molecule has 1 aliphatic heterocycles. The summed E-state index contributed by atoms with van der Waals surface area (Å²) in [6.07, 6.45) is -2.96. The van der Waals surface area contributed by atoms with Crippen molar-refractivity contribution in [3.05, 3.63) is 80.5 Å². The van der Waals surface area contributed by atoms with Gasteiger partial charge in [-0.2, -0.15) is 13.2 Å². The van der Waals surface area contributed by atoms with Crippen LogP contribution in [0.25, 0.3) is 0 Å². The molecule has 0 N–H and O–H groups in total. The van der Waals surface area contributed by atoms with Crippen molar-refractivity contribution in [2.45, 2.75) is 51.1 Å². The number of nitro benzene ring substituents is 1. The van der Waals surface area contributed by atoms with E-state index in [1.165, 1.54) is 0 Å². The normalized spacial score (nSPS) is 19.0. The number of nitrogens with zero attached hydrogens (tertiary/aromatic N) is 2. The highest BCUT2D eigenvalue weighted by atomic mass is 19.4.